The summed E-state index contributed by atoms with van der Waals surface area (Å²) in [7, 11) is 0. The number of hydrogen-bond acceptors (Lipinski definition) is 3. The molecule has 1 aromatic rings. The molecule has 92 valence electrons. The largest absolute Gasteiger partial charge is 0.480 e. The molecule has 0 radical (unpaired) electrons. The first-order valence-corrected chi connectivity index (χ1v) is 5.86. The monoisotopic (exact) mass is 234 g/mol. The third kappa shape index (κ3) is 2.58. The molecule has 0 aliphatic carbocycles. The molecule has 1 aliphatic rings. The Bertz CT molecular complexity index is 431. The van der Waals surface area contributed by atoms with Gasteiger partial charge < -0.3 is 15.3 Å². The molecule has 1 unspecified atom stereocenters. The van der Waals surface area contributed by atoms with Crippen LogP contribution >= 0.6 is 0 Å². The Morgan fingerprint density at radius 1 is 1.47 bits per heavy atom. The molecule has 1 aromatic carbocycles. The summed E-state index contributed by atoms with van der Waals surface area (Å²) in [4.78, 5) is 13.1. The minimum atomic E-state index is -0.778. The van der Waals surface area contributed by atoms with Crippen molar-refractivity contribution in [1.82, 2.24) is 5.32 Å². The second kappa shape index (κ2) is 4.75. The number of benzene rings is 1. The van der Waals surface area contributed by atoms with Gasteiger partial charge in [0.15, 0.2) is 0 Å². The number of piperazine rings is 1. The van der Waals surface area contributed by atoms with Gasteiger partial charge in [0.25, 0.3) is 0 Å². The van der Waals surface area contributed by atoms with Crippen molar-refractivity contribution >= 4 is 11.7 Å². The zero-order chi connectivity index (χ0) is 12.4. The van der Waals surface area contributed by atoms with Crippen molar-refractivity contribution < 1.29 is 9.90 Å². The van der Waals surface area contributed by atoms with Crippen molar-refractivity contribution in [2.24, 2.45) is 0 Å². The summed E-state index contributed by atoms with van der Waals surface area (Å²) in [6, 6.07) is 5.82. The normalized spacial score (nSPS) is 20.4. The highest BCUT2D eigenvalue weighted by atomic mass is 16.4. The molecule has 0 amide bonds. The summed E-state index contributed by atoms with van der Waals surface area (Å²) in [6.45, 7) is 6.21. The van der Waals surface area contributed by atoms with Gasteiger partial charge in [0.05, 0.1) is 0 Å². The molecule has 1 atom stereocenters. The molecule has 0 saturated carbocycles. The van der Waals surface area contributed by atoms with E-state index in [-0.39, 0.29) is 0 Å². The highest BCUT2D eigenvalue weighted by Crippen LogP contribution is 2.22. The molecule has 1 fully saturated rings. The van der Waals surface area contributed by atoms with Gasteiger partial charge in [-0.25, -0.2) is 0 Å². The fourth-order valence-corrected chi connectivity index (χ4v) is 2.19. The van der Waals surface area contributed by atoms with Gasteiger partial charge in [-0.1, -0.05) is 12.1 Å². The number of carboxylic acids is 1. The third-order valence-corrected chi connectivity index (χ3v) is 3.18. The molecule has 17 heavy (non-hydrogen) atoms. The van der Waals surface area contributed by atoms with E-state index in [4.69, 9.17) is 5.11 Å². The van der Waals surface area contributed by atoms with Crippen LogP contribution in [0.4, 0.5) is 5.69 Å². The molecule has 1 aliphatic heterocycles. The molecular weight excluding hydrogens is 216 g/mol. The second-order valence-electron chi connectivity index (χ2n) is 4.58. The summed E-state index contributed by atoms with van der Waals surface area (Å²) >= 11 is 0. The lowest BCUT2D eigenvalue weighted by Gasteiger charge is -2.34. The Balaban J connectivity index is 2.21. The Labute approximate surface area is 101 Å². The van der Waals surface area contributed by atoms with E-state index >= 15 is 0 Å². The number of nitrogens with zero attached hydrogens (tertiary/aromatic N) is 1. The summed E-state index contributed by atoms with van der Waals surface area (Å²) in [5.41, 5.74) is 3.55. The van der Waals surface area contributed by atoms with E-state index in [1.54, 1.807) is 0 Å². The van der Waals surface area contributed by atoms with Gasteiger partial charge in [0.1, 0.15) is 6.04 Å². The van der Waals surface area contributed by atoms with E-state index < -0.39 is 12.0 Å². The predicted octanol–water partition coefficient (Wildman–Crippen LogP) is 1.17. The van der Waals surface area contributed by atoms with E-state index in [2.05, 4.69) is 42.3 Å². The van der Waals surface area contributed by atoms with Crippen molar-refractivity contribution in [3.63, 3.8) is 0 Å². The number of aryl methyl sites for hydroxylation is 2. The highest BCUT2D eigenvalue weighted by Gasteiger charge is 2.25. The lowest BCUT2D eigenvalue weighted by molar-refractivity contribution is -0.139. The number of carbonyl (C=O) groups is 1. The van der Waals surface area contributed by atoms with E-state index in [1.165, 1.54) is 11.1 Å². The molecule has 0 aromatic heterocycles. The van der Waals surface area contributed by atoms with E-state index in [1.807, 2.05) is 0 Å². The lowest BCUT2D eigenvalue weighted by atomic mass is 10.1. The summed E-state index contributed by atoms with van der Waals surface area (Å²) in [5.74, 6) is -0.778. The quantitative estimate of drug-likeness (QED) is 0.806. The van der Waals surface area contributed by atoms with Crippen LogP contribution < -0.4 is 10.2 Å². The van der Waals surface area contributed by atoms with Gasteiger partial charge in [-0.3, -0.25) is 4.79 Å². The van der Waals surface area contributed by atoms with E-state index in [9.17, 15) is 4.79 Å². The van der Waals surface area contributed by atoms with Crippen LogP contribution in [0.2, 0.25) is 0 Å². The predicted molar refractivity (Wildman–Crippen MR) is 67.6 cm³/mol. The Kier molecular flexibility index (Phi) is 3.33. The molecule has 1 heterocycles. The van der Waals surface area contributed by atoms with Gasteiger partial charge >= 0.3 is 5.97 Å². The van der Waals surface area contributed by atoms with Crippen molar-refractivity contribution in [1.29, 1.82) is 0 Å². The maximum atomic E-state index is 11.0. The van der Waals surface area contributed by atoms with Crippen LogP contribution in [0.1, 0.15) is 11.1 Å². The summed E-state index contributed by atoms with van der Waals surface area (Å²) in [6.07, 6.45) is 0. The average Bonchev–Trinajstić information content (AvgIpc) is 2.32. The maximum Gasteiger partial charge on any atom is 0.322 e. The number of anilines is 1. The Hall–Kier alpha value is -1.55. The zero-order valence-electron chi connectivity index (χ0n) is 10.2. The van der Waals surface area contributed by atoms with Crippen molar-refractivity contribution in [3.8, 4) is 0 Å². The lowest BCUT2D eigenvalue weighted by Crippen LogP contribution is -2.54. The van der Waals surface area contributed by atoms with Crippen LogP contribution in [0.3, 0.4) is 0 Å². The first kappa shape index (κ1) is 11.9. The Morgan fingerprint density at radius 3 is 2.94 bits per heavy atom. The fourth-order valence-electron chi connectivity index (χ4n) is 2.19. The number of carboxylic acid groups (broad SMARTS) is 1. The standard InChI is InChI=1S/C13H18N2O2/c1-9-3-4-10(2)12(7-9)15-6-5-14-11(8-15)13(16)17/h3-4,7,11,14H,5-6,8H2,1-2H3,(H,16,17). The first-order chi connectivity index (χ1) is 8.08. The maximum absolute atomic E-state index is 11.0. The SMILES string of the molecule is Cc1ccc(C)c(N2CCNC(C(=O)O)C2)c1. The van der Waals surface area contributed by atoms with Crippen LogP contribution in [0.25, 0.3) is 0 Å². The van der Waals surface area contributed by atoms with Crippen LogP contribution in [0.5, 0.6) is 0 Å². The van der Waals surface area contributed by atoms with Gasteiger partial charge in [-0.2, -0.15) is 0 Å². The van der Waals surface area contributed by atoms with Gasteiger partial charge in [-0.15, -0.1) is 0 Å². The molecule has 2 N–H and O–H groups in total. The van der Waals surface area contributed by atoms with Crippen molar-refractivity contribution in [2.45, 2.75) is 19.9 Å². The number of hydrogen-bond donors (Lipinski definition) is 2. The van der Waals surface area contributed by atoms with Crippen LogP contribution in [0, 0.1) is 13.8 Å². The third-order valence-electron chi connectivity index (χ3n) is 3.18. The van der Waals surface area contributed by atoms with Crippen LogP contribution in [-0.2, 0) is 4.79 Å². The van der Waals surface area contributed by atoms with Gasteiger partial charge in [0, 0.05) is 25.3 Å². The summed E-state index contributed by atoms with van der Waals surface area (Å²) in [5, 5.41) is 12.0. The topological polar surface area (TPSA) is 52.6 Å². The minimum absolute atomic E-state index is 0.469. The molecule has 1 saturated heterocycles. The fraction of sp³-hybridized carbons (Fsp3) is 0.462. The molecule has 0 spiro atoms. The highest BCUT2D eigenvalue weighted by molar-refractivity contribution is 5.75. The number of nitrogens with one attached hydrogen (secondary N) is 1. The molecule has 2 rings (SSSR count). The smallest absolute Gasteiger partial charge is 0.322 e. The molecule has 4 heteroatoms. The van der Waals surface area contributed by atoms with Crippen molar-refractivity contribution in [2.75, 3.05) is 24.5 Å². The average molecular weight is 234 g/mol. The minimum Gasteiger partial charge on any atom is -0.480 e. The van der Waals surface area contributed by atoms with E-state index in [0.717, 1.165) is 12.2 Å². The molecule has 4 nitrogen and oxygen atoms in total. The molecule has 0 bridgehead atoms. The van der Waals surface area contributed by atoms with E-state index in [0.29, 0.717) is 13.1 Å². The van der Waals surface area contributed by atoms with Gasteiger partial charge in [0.2, 0.25) is 0 Å². The Morgan fingerprint density at radius 2 is 2.24 bits per heavy atom. The number of rotatable bonds is 2. The van der Waals surface area contributed by atoms with Crippen LogP contribution in [-0.4, -0.2) is 36.8 Å². The van der Waals surface area contributed by atoms with Crippen molar-refractivity contribution in [3.05, 3.63) is 29.3 Å². The zero-order valence-corrected chi connectivity index (χ0v) is 10.2. The number of aliphatic carboxylic acids is 1. The second-order valence-corrected chi connectivity index (χ2v) is 4.58. The van der Waals surface area contributed by atoms with Gasteiger partial charge in [-0.05, 0) is 31.0 Å². The van der Waals surface area contributed by atoms with Crippen LogP contribution in [0.15, 0.2) is 18.2 Å². The summed E-state index contributed by atoms with van der Waals surface area (Å²) < 4.78 is 0. The first-order valence-electron chi connectivity index (χ1n) is 5.86. The molecular formula is C13H18N2O2.